The number of amides is 2. The number of nitrogens with one attached hydrogen (secondary N) is 2. The normalized spacial score (nSPS) is 10.5. The van der Waals surface area contributed by atoms with Crippen LogP contribution in [0.3, 0.4) is 0 Å². The van der Waals surface area contributed by atoms with Crippen LogP contribution < -0.4 is 10.6 Å². The van der Waals surface area contributed by atoms with Crippen LogP contribution in [0.25, 0.3) is 0 Å². The second kappa shape index (κ2) is 8.25. The smallest absolute Gasteiger partial charge is 0.243 e. The number of carbonyl (C=O) groups excluding carboxylic acids is 2. The lowest BCUT2D eigenvalue weighted by Crippen LogP contribution is -2.34. The SMILES string of the molecule is Cc1cc(C)c(NC(=O)CNC(=O)CSc2nnc(C)s2)c(C)c1. The maximum atomic E-state index is 12.0. The molecule has 0 aliphatic carbocycles. The molecule has 1 aromatic carbocycles. The molecule has 2 amide bonds. The molecule has 0 aliphatic rings. The van der Waals surface area contributed by atoms with E-state index in [9.17, 15) is 9.59 Å². The number of thioether (sulfide) groups is 1. The first-order valence-corrected chi connectivity index (χ1v) is 9.22. The van der Waals surface area contributed by atoms with Crippen LogP contribution in [0.15, 0.2) is 16.5 Å². The lowest BCUT2D eigenvalue weighted by atomic mass is 10.1. The van der Waals surface area contributed by atoms with Gasteiger partial charge in [-0.3, -0.25) is 9.59 Å². The van der Waals surface area contributed by atoms with Crippen LogP contribution in [0.1, 0.15) is 21.7 Å². The number of nitrogens with zero attached hydrogens (tertiary/aromatic N) is 2. The van der Waals surface area contributed by atoms with Gasteiger partial charge >= 0.3 is 0 Å². The number of aromatic nitrogens is 2. The lowest BCUT2D eigenvalue weighted by Gasteiger charge is -2.13. The van der Waals surface area contributed by atoms with Crippen LogP contribution >= 0.6 is 23.1 Å². The number of aryl methyl sites for hydroxylation is 4. The zero-order valence-corrected chi connectivity index (χ0v) is 15.7. The second-order valence-corrected chi connectivity index (χ2v) is 7.88. The second-order valence-electron chi connectivity index (χ2n) is 5.47. The summed E-state index contributed by atoms with van der Waals surface area (Å²) in [7, 11) is 0. The Bertz CT molecular complexity index is 735. The van der Waals surface area contributed by atoms with Gasteiger partial charge in [-0.1, -0.05) is 40.8 Å². The van der Waals surface area contributed by atoms with Crippen molar-refractivity contribution in [1.29, 1.82) is 0 Å². The molecule has 0 bridgehead atoms. The van der Waals surface area contributed by atoms with Crippen molar-refractivity contribution >= 4 is 40.6 Å². The highest BCUT2D eigenvalue weighted by atomic mass is 32.2. The van der Waals surface area contributed by atoms with Gasteiger partial charge in [0.25, 0.3) is 0 Å². The zero-order chi connectivity index (χ0) is 17.7. The fourth-order valence-corrected chi connectivity index (χ4v) is 3.90. The van der Waals surface area contributed by atoms with Crippen molar-refractivity contribution in [3.63, 3.8) is 0 Å². The molecule has 128 valence electrons. The topological polar surface area (TPSA) is 84.0 Å². The highest BCUT2D eigenvalue weighted by molar-refractivity contribution is 8.01. The molecular formula is C16H20N4O2S2. The predicted octanol–water partition coefficient (Wildman–Crippen LogP) is 2.62. The standard InChI is InChI=1S/C16H20N4O2S2/c1-9-5-10(2)15(11(3)6-9)18-13(21)7-17-14(22)8-23-16-20-19-12(4)24-16/h5-6H,7-8H2,1-4H3,(H,17,22)(H,18,21). The average molecular weight is 364 g/mol. The maximum absolute atomic E-state index is 12.0. The van der Waals surface area contributed by atoms with Gasteiger partial charge < -0.3 is 10.6 Å². The Morgan fingerprint density at radius 3 is 2.33 bits per heavy atom. The van der Waals surface area contributed by atoms with Crippen molar-refractivity contribution in [2.24, 2.45) is 0 Å². The summed E-state index contributed by atoms with van der Waals surface area (Å²) in [5.41, 5.74) is 3.97. The maximum Gasteiger partial charge on any atom is 0.243 e. The fraction of sp³-hybridized carbons (Fsp3) is 0.375. The van der Waals surface area contributed by atoms with Gasteiger partial charge in [-0.05, 0) is 38.8 Å². The van der Waals surface area contributed by atoms with E-state index < -0.39 is 0 Å². The Balaban J connectivity index is 1.79. The summed E-state index contributed by atoms with van der Waals surface area (Å²) < 4.78 is 0.748. The molecule has 0 unspecified atom stereocenters. The summed E-state index contributed by atoms with van der Waals surface area (Å²) in [5, 5.41) is 14.2. The van der Waals surface area contributed by atoms with Gasteiger partial charge in [0.15, 0.2) is 4.34 Å². The van der Waals surface area contributed by atoms with Crippen molar-refractivity contribution < 1.29 is 9.59 Å². The molecule has 2 N–H and O–H groups in total. The van der Waals surface area contributed by atoms with Gasteiger partial charge in [-0.25, -0.2) is 0 Å². The highest BCUT2D eigenvalue weighted by Gasteiger charge is 2.11. The van der Waals surface area contributed by atoms with Gasteiger partial charge in [0.2, 0.25) is 11.8 Å². The first-order chi connectivity index (χ1) is 11.3. The molecule has 2 aromatic rings. The largest absolute Gasteiger partial charge is 0.346 e. The lowest BCUT2D eigenvalue weighted by molar-refractivity contribution is -0.122. The molecule has 0 fully saturated rings. The van der Waals surface area contributed by atoms with Crippen LogP contribution in [0.4, 0.5) is 5.69 Å². The number of benzene rings is 1. The molecule has 8 heteroatoms. The van der Waals surface area contributed by atoms with E-state index in [0.29, 0.717) is 0 Å². The van der Waals surface area contributed by atoms with E-state index in [0.717, 1.165) is 31.7 Å². The Kier molecular flexibility index (Phi) is 6.33. The summed E-state index contributed by atoms with van der Waals surface area (Å²) in [5.74, 6) is -0.236. The van der Waals surface area contributed by atoms with Crippen molar-refractivity contribution in [2.45, 2.75) is 32.0 Å². The van der Waals surface area contributed by atoms with Gasteiger partial charge in [0.1, 0.15) is 5.01 Å². The van der Waals surface area contributed by atoms with Crippen molar-refractivity contribution in [3.8, 4) is 0 Å². The zero-order valence-electron chi connectivity index (χ0n) is 14.1. The van der Waals surface area contributed by atoms with E-state index in [1.54, 1.807) is 0 Å². The molecule has 2 rings (SSSR count). The minimum Gasteiger partial charge on any atom is -0.346 e. The van der Waals surface area contributed by atoms with Gasteiger partial charge in [-0.15, -0.1) is 10.2 Å². The third kappa shape index (κ3) is 5.31. The molecule has 6 nitrogen and oxygen atoms in total. The van der Waals surface area contributed by atoms with E-state index in [-0.39, 0.29) is 24.1 Å². The molecule has 0 saturated heterocycles. The number of rotatable bonds is 6. The molecule has 0 spiro atoms. The molecular weight excluding hydrogens is 344 g/mol. The molecule has 24 heavy (non-hydrogen) atoms. The quantitative estimate of drug-likeness (QED) is 0.770. The van der Waals surface area contributed by atoms with Crippen molar-refractivity contribution in [1.82, 2.24) is 15.5 Å². The van der Waals surface area contributed by atoms with Gasteiger partial charge in [0, 0.05) is 5.69 Å². The minimum absolute atomic E-state index is 0.0543. The van der Waals surface area contributed by atoms with Crippen LogP contribution in [0.5, 0.6) is 0 Å². The summed E-state index contributed by atoms with van der Waals surface area (Å²) in [4.78, 5) is 23.8. The number of anilines is 1. The van der Waals surface area contributed by atoms with Crippen molar-refractivity contribution in [2.75, 3.05) is 17.6 Å². The number of hydrogen-bond acceptors (Lipinski definition) is 6. The summed E-state index contributed by atoms with van der Waals surface area (Å²) in [6.45, 7) is 7.73. The van der Waals surface area contributed by atoms with Crippen LogP contribution in [0, 0.1) is 27.7 Å². The van der Waals surface area contributed by atoms with Gasteiger partial charge in [0.05, 0.1) is 12.3 Å². The first kappa shape index (κ1) is 18.4. The van der Waals surface area contributed by atoms with E-state index in [1.807, 2.05) is 39.8 Å². The molecule has 0 radical (unpaired) electrons. The number of hydrogen-bond donors (Lipinski definition) is 2. The monoisotopic (exact) mass is 364 g/mol. The van der Waals surface area contributed by atoms with Crippen LogP contribution in [-0.2, 0) is 9.59 Å². The molecule has 1 heterocycles. The first-order valence-electron chi connectivity index (χ1n) is 7.42. The Morgan fingerprint density at radius 2 is 1.75 bits per heavy atom. The fourth-order valence-electron chi connectivity index (χ4n) is 2.25. The Morgan fingerprint density at radius 1 is 1.08 bits per heavy atom. The summed E-state index contributed by atoms with van der Waals surface area (Å²) in [6.07, 6.45) is 0. The third-order valence-corrected chi connectivity index (χ3v) is 5.19. The van der Waals surface area contributed by atoms with E-state index >= 15 is 0 Å². The third-order valence-electron chi connectivity index (χ3n) is 3.22. The number of carbonyl (C=O) groups is 2. The van der Waals surface area contributed by atoms with Gasteiger partial charge in [-0.2, -0.15) is 0 Å². The van der Waals surface area contributed by atoms with Crippen LogP contribution in [0.2, 0.25) is 0 Å². The highest BCUT2D eigenvalue weighted by Crippen LogP contribution is 2.22. The molecule has 0 aliphatic heterocycles. The van der Waals surface area contributed by atoms with E-state index in [2.05, 4.69) is 20.8 Å². The Labute approximate surface area is 149 Å². The molecule has 1 aromatic heterocycles. The van der Waals surface area contributed by atoms with E-state index in [1.165, 1.54) is 23.1 Å². The van der Waals surface area contributed by atoms with Crippen LogP contribution in [-0.4, -0.2) is 34.3 Å². The summed E-state index contributed by atoms with van der Waals surface area (Å²) in [6, 6.07) is 4.03. The Hall–Kier alpha value is -1.93. The minimum atomic E-state index is -0.241. The average Bonchev–Trinajstić information content (AvgIpc) is 2.92. The van der Waals surface area contributed by atoms with E-state index in [4.69, 9.17) is 0 Å². The predicted molar refractivity (Wildman–Crippen MR) is 97.7 cm³/mol. The molecule has 0 saturated carbocycles. The molecule has 0 atom stereocenters. The van der Waals surface area contributed by atoms with Crippen molar-refractivity contribution in [3.05, 3.63) is 33.8 Å². The summed E-state index contributed by atoms with van der Waals surface area (Å²) >= 11 is 2.75.